The van der Waals surface area contributed by atoms with Crippen molar-refractivity contribution < 1.29 is 10.0 Å². The summed E-state index contributed by atoms with van der Waals surface area (Å²) >= 11 is 0. The molecule has 0 saturated heterocycles. The second kappa shape index (κ2) is 10.7. The molecule has 0 aliphatic rings. The average molecular weight is 358 g/mol. The first-order valence-corrected chi connectivity index (χ1v) is 9.51. The van der Waals surface area contributed by atoms with Gasteiger partial charge in [0.2, 0.25) is 0 Å². The minimum Gasteiger partial charge on any atom is -0.329 e. The zero-order chi connectivity index (χ0) is 18.8. The van der Waals surface area contributed by atoms with Crippen LogP contribution in [0.15, 0.2) is 24.3 Å². The van der Waals surface area contributed by atoms with Crippen LogP contribution in [0.5, 0.6) is 0 Å². The van der Waals surface area contributed by atoms with Crippen molar-refractivity contribution in [2.24, 2.45) is 5.73 Å². The molecule has 6 heteroatoms. The monoisotopic (exact) mass is 358 g/mol. The summed E-state index contributed by atoms with van der Waals surface area (Å²) in [4.78, 5) is 15.9. The molecule has 1 amide bonds. The topological polar surface area (TPSA) is 93.2 Å². The number of nitrogens with two attached hydrogens (primary N) is 1. The molecule has 2 aromatic rings. The number of benzene rings is 1. The Morgan fingerprint density at radius 3 is 2.77 bits per heavy atom. The number of fused-ring (bicyclic) bond motifs is 1. The van der Waals surface area contributed by atoms with Gasteiger partial charge in [-0.2, -0.15) is 0 Å². The highest BCUT2D eigenvalue weighted by Crippen LogP contribution is 2.20. The number of aryl methyl sites for hydroxylation is 1. The van der Waals surface area contributed by atoms with Crippen LogP contribution in [0, 0.1) is 0 Å². The molecule has 4 N–H and O–H groups in total. The van der Waals surface area contributed by atoms with Gasteiger partial charge in [-0.25, -0.2) is 10.5 Å². The number of amides is 1. The Morgan fingerprint density at radius 2 is 2.04 bits per heavy atom. The molecule has 142 valence electrons. The predicted molar refractivity (Wildman–Crippen MR) is 105 cm³/mol. The fraction of sp³-hybridized carbons (Fsp3) is 0.500. The van der Waals surface area contributed by atoms with Gasteiger partial charge in [0.05, 0.1) is 11.0 Å². The van der Waals surface area contributed by atoms with Crippen LogP contribution in [0.3, 0.4) is 0 Å². The van der Waals surface area contributed by atoms with Crippen molar-refractivity contribution in [2.75, 3.05) is 6.54 Å². The normalized spacial score (nSPS) is 11.5. The van der Waals surface area contributed by atoms with Gasteiger partial charge < -0.3 is 10.3 Å². The summed E-state index contributed by atoms with van der Waals surface area (Å²) in [5, 5.41) is 8.56. The number of imidazole rings is 1. The third-order valence-corrected chi connectivity index (χ3v) is 4.50. The van der Waals surface area contributed by atoms with Crippen LogP contribution in [0.25, 0.3) is 17.1 Å². The van der Waals surface area contributed by atoms with Gasteiger partial charge in [-0.05, 0) is 30.2 Å². The molecular formula is C20H30N4O2. The van der Waals surface area contributed by atoms with E-state index >= 15 is 0 Å². The van der Waals surface area contributed by atoms with E-state index in [1.165, 1.54) is 38.2 Å². The minimum absolute atomic E-state index is 0.553. The summed E-state index contributed by atoms with van der Waals surface area (Å²) in [7, 11) is 0. The molecule has 1 aromatic carbocycles. The maximum atomic E-state index is 11.1. The Kier molecular flexibility index (Phi) is 8.31. The highest BCUT2D eigenvalue weighted by Gasteiger charge is 2.10. The number of carbonyl (C=O) groups is 1. The Balaban J connectivity index is 2.11. The van der Waals surface area contributed by atoms with Gasteiger partial charge in [-0.15, -0.1) is 0 Å². The van der Waals surface area contributed by atoms with Crippen LogP contribution in [0.2, 0.25) is 0 Å². The lowest BCUT2D eigenvalue weighted by Crippen LogP contribution is -2.14. The van der Waals surface area contributed by atoms with Gasteiger partial charge in [0.25, 0.3) is 5.91 Å². The van der Waals surface area contributed by atoms with Crippen LogP contribution in [0.1, 0.15) is 56.8 Å². The van der Waals surface area contributed by atoms with Crippen molar-refractivity contribution in [1.82, 2.24) is 15.0 Å². The second-order valence-electron chi connectivity index (χ2n) is 6.54. The summed E-state index contributed by atoms with van der Waals surface area (Å²) in [5.74, 6) is 0.526. The van der Waals surface area contributed by atoms with Gasteiger partial charge in [0.15, 0.2) is 0 Å². The summed E-state index contributed by atoms with van der Waals surface area (Å²) in [6, 6.07) is 5.90. The SMILES string of the molecule is CCCCCCCCc1nc2cc(/C=C/C(=O)NO)ccc2n1CCN. The van der Waals surface area contributed by atoms with E-state index in [1.54, 1.807) is 11.6 Å². The van der Waals surface area contributed by atoms with E-state index < -0.39 is 5.91 Å². The minimum atomic E-state index is -0.553. The first kappa shape index (κ1) is 20.1. The molecule has 0 fully saturated rings. The number of hydrogen-bond acceptors (Lipinski definition) is 4. The van der Waals surface area contributed by atoms with Crippen molar-refractivity contribution in [3.8, 4) is 0 Å². The van der Waals surface area contributed by atoms with E-state index in [2.05, 4.69) is 11.5 Å². The molecule has 2 rings (SSSR count). The van der Waals surface area contributed by atoms with Gasteiger partial charge >= 0.3 is 0 Å². The maximum Gasteiger partial charge on any atom is 0.267 e. The van der Waals surface area contributed by atoms with Crippen molar-refractivity contribution in [3.63, 3.8) is 0 Å². The Hall–Kier alpha value is -2.18. The number of unbranched alkanes of at least 4 members (excludes halogenated alkanes) is 5. The highest BCUT2D eigenvalue weighted by molar-refractivity contribution is 5.91. The number of aromatic nitrogens is 2. The van der Waals surface area contributed by atoms with Crippen LogP contribution in [-0.4, -0.2) is 27.2 Å². The van der Waals surface area contributed by atoms with Crippen LogP contribution >= 0.6 is 0 Å². The fourth-order valence-corrected chi connectivity index (χ4v) is 3.14. The molecule has 0 unspecified atom stereocenters. The molecule has 0 atom stereocenters. The van der Waals surface area contributed by atoms with Crippen LogP contribution in [0.4, 0.5) is 0 Å². The van der Waals surface area contributed by atoms with Gasteiger partial charge in [0, 0.05) is 25.6 Å². The lowest BCUT2D eigenvalue weighted by Gasteiger charge is -2.07. The van der Waals surface area contributed by atoms with Crippen molar-refractivity contribution in [2.45, 2.75) is 58.4 Å². The smallest absolute Gasteiger partial charge is 0.267 e. The molecule has 1 heterocycles. The molecule has 0 bridgehead atoms. The molecule has 6 nitrogen and oxygen atoms in total. The van der Waals surface area contributed by atoms with E-state index in [9.17, 15) is 4.79 Å². The summed E-state index contributed by atoms with van der Waals surface area (Å²) in [5.41, 5.74) is 10.2. The van der Waals surface area contributed by atoms with Gasteiger partial charge in [-0.3, -0.25) is 10.0 Å². The van der Waals surface area contributed by atoms with E-state index in [0.717, 1.165) is 41.8 Å². The first-order chi connectivity index (χ1) is 12.7. The Labute approximate surface area is 155 Å². The van der Waals surface area contributed by atoms with Crippen molar-refractivity contribution in [1.29, 1.82) is 0 Å². The molecule has 0 aliphatic carbocycles. The highest BCUT2D eigenvalue weighted by atomic mass is 16.5. The van der Waals surface area contributed by atoms with E-state index in [0.29, 0.717) is 6.54 Å². The standard InChI is InChI=1S/C20H30N4O2/c1-2-3-4-5-6-7-8-19-22-17-15-16(10-12-20(25)23-26)9-11-18(17)24(19)14-13-21/h9-12,15,26H,2-8,13-14,21H2,1H3,(H,23,25)/b12-10+. The molecule has 0 aliphatic heterocycles. The third kappa shape index (κ3) is 5.68. The Bertz CT molecular complexity index is 737. The fourth-order valence-electron chi connectivity index (χ4n) is 3.14. The lowest BCUT2D eigenvalue weighted by molar-refractivity contribution is -0.124. The molecule has 26 heavy (non-hydrogen) atoms. The van der Waals surface area contributed by atoms with Crippen molar-refractivity contribution >= 4 is 23.0 Å². The maximum absolute atomic E-state index is 11.1. The number of carbonyl (C=O) groups excluding carboxylic acids is 1. The summed E-state index contributed by atoms with van der Waals surface area (Å²) < 4.78 is 2.20. The average Bonchev–Trinajstić information content (AvgIpc) is 2.99. The number of rotatable bonds is 11. The van der Waals surface area contributed by atoms with Crippen LogP contribution < -0.4 is 11.2 Å². The number of nitrogens with zero attached hydrogens (tertiary/aromatic N) is 2. The summed E-state index contributed by atoms with van der Waals surface area (Å²) in [6.07, 6.45) is 11.4. The van der Waals surface area contributed by atoms with E-state index in [-0.39, 0.29) is 0 Å². The van der Waals surface area contributed by atoms with Gasteiger partial charge in [0.1, 0.15) is 5.82 Å². The zero-order valence-electron chi connectivity index (χ0n) is 15.6. The second-order valence-corrected chi connectivity index (χ2v) is 6.54. The number of nitrogens with one attached hydrogen (secondary N) is 1. The number of hydrogen-bond donors (Lipinski definition) is 3. The largest absolute Gasteiger partial charge is 0.329 e. The molecule has 0 saturated carbocycles. The zero-order valence-corrected chi connectivity index (χ0v) is 15.6. The predicted octanol–water partition coefficient (Wildman–Crippen LogP) is 3.42. The first-order valence-electron chi connectivity index (χ1n) is 9.51. The van der Waals surface area contributed by atoms with Gasteiger partial charge in [-0.1, -0.05) is 45.1 Å². The quantitative estimate of drug-likeness (QED) is 0.248. The lowest BCUT2D eigenvalue weighted by atomic mass is 10.1. The number of hydroxylamine groups is 1. The Morgan fingerprint density at radius 1 is 1.27 bits per heavy atom. The molecular weight excluding hydrogens is 328 g/mol. The summed E-state index contributed by atoms with van der Waals surface area (Å²) in [6.45, 7) is 3.56. The van der Waals surface area contributed by atoms with E-state index in [1.807, 2.05) is 18.2 Å². The third-order valence-electron chi connectivity index (χ3n) is 4.50. The van der Waals surface area contributed by atoms with Crippen LogP contribution in [-0.2, 0) is 17.8 Å². The molecule has 0 radical (unpaired) electrons. The van der Waals surface area contributed by atoms with E-state index in [4.69, 9.17) is 15.9 Å². The van der Waals surface area contributed by atoms with Crippen molar-refractivity contribution in [3.05, 3.63) is 35.7 Å². The molecule has 1 aromatic heterocycles. The molecule has 0 spiro atoms.